The molecule has 0 fully saturated rings. The Bertz CT molecular complexity index is 885. The zero-order valence-electron chi connectivity index (χ0n) is 15.4. The van der Waals surface area contributed by atoms with Gasteiger partial charge in [0.05, 0.1) is 18.6 Å². The molecule has 1 atom stereocenters. The van der Waals surface area contributed by atoms with E-state index in [0.29, 0.717) is 16.3 Å². The van der Waals surface area contributed by atoms with Gasteiger partial charge in [-0.2, -0.15) is 0 Å². The van der Waals surface area contributed by atoms with Gasteiger partial charge in [-0.25, -0.2) is 8.78 Å². The summed E-state index contributed by atoms with van der Waals surface area (Å²) in [5.41, 5.74) is -0.0721. The first-order valence-electron chi connectivity index (χ1n) is 8.91. The minimum absolute atomic E-state index is 0.115. The van der Waals surface area contributed by atoms with Gasteiger partial charge in [-0.15, -0.1) is 0 Å². The lowest BCUT2D eigenvalue weighted by molar-refractivity contribution is -0.0128. The van der Waals surface area contributed by atoms with Crippen LogP contribution in [0.5, 0.6) is 11.5 Å². The summed E-state index contributed by atoms with van der Waals surface area (Å²) in [6, 6.07) is 23.3. The van der Waals surface area contributed by atoms with Gasteiger partial charge in [-0.3, -0.25) is 0 Å². The SMILES string of the molecule is CC(COCc1cccc(Oc2ccccc2)c1)(c1ccc(Cl)cc1)C(F)F. The van der Waals surface area contributed by atoms with Crippen LogP contribution in [0.25, 0.3) is 0 Å². The third-order valence-electron chi connectivity index (χ3n) is 4.53. The number of benzene rings is 3. The lowest BCUT2D eigenvalue weighted by atomic mass is 9.83. The summed E-state index contributed by atoms with van der Waals surface area (Å²) in [5.74, 6) is 1.40. The maximum absolute atomic E-state index is 13.8. The van der Waals surface area contributed by atoms with Gasteiger partial charge in [0.15, 0.2) is 0 Å². The minimum Gasteiger partial charge on any atom is -0.457 e. The van der Waals surface area contributed by atoms with Crippen molar-refractivity contribution < 1.29 is 18.3 Å². The Morgan fingerprint density at radius 2 is 1.57 bits per heavy atom. The van der Waals surface area contributed by atoms with Gasteiger partial charge in [-0.1, -0.05) is 54.1 Å². The highest BCUT2D eigenvalue weighted by atomic mass is 35.5. The minimum atomic E-state index is -2.57. The van der Waals surface area contributed by atoms with Gasteiger partial charge in [0.25, 0.3) is 0 Å². The van der Waals surface area contributed by atoms with E-state index in [4.69, 9.17) is 21.1 Å². The second-order valence-electron chi connectivity index (χ2n) is 6.78. The molecule has 0 aliphatic rings. The summed E-state index contributed by atoms with van der Waals surface area (Å²) in [7, 11) is 0. The molecule has 0 bridgehead atoms. The molecule has 3 aromatic carbocycles. The number of alkyl halides is 2. The van der Waals surface area contributed by atoms with Crippen LogP contribution in [0, 0.1) is 0 Å². The molecule has 0 radical (unpaired) electrons. The van der Waals surface area contributed by atoms with Crippen molar-refractivity contribution in [2.45, 2.75) is 25.4 Å². The molecule has 2 nitrogen and oxygen atoms in total. The first kappa shape index (κ1) is 20.3. The Morgan fingerprint density at radius 1 is 0.893 bits per heavy atom. The predicted octanol–water partition coefficient (Wildman–Crippen LogP) is 6.87. The topological polar surface area (TPSA) is 18.5 Å². The smallest absolute Gasteiger partial charge is 0.250 e. The van der Waals surface area contributed by atoms with E-state index in [1.165, 1.54) is 6.92 Å². The van der Waals surface area contributed by atoms with Crippen LogP contribution < -0.4 is 4.74 Å². The molecule has 0 saturated carbocycles. The normalized spacial score (nSPS) is 13.3. The van der Waals surface area contributed by atoms with Crippen LogP contribution >= 0.6 is 11.6 Å². The number of hydrogen-bond acceptors (Lipinski definition) is 2. The molecule has 0 spiro atoms. The number of para-hydroxylation sites is 1. The van der Waals surface area contributed by atoms with E-state index in [-0.39, 0.29) is 13.2 Å². The van der Waals surface area contributed by atoms with Crippen LogP contribution in [0.3, 0.4) is 0 Å². The number of rotatable bonds is 8. The van der Waals surface area contributed by atoms with Crippen molar-refractivity contribution in [1.82, 2.24) is 0 Å². The van der Waals surface area contributed by atoms with E-state index in [1.807, 2.05) is 54.6 Å². The van der Waals surface area contributed by atoms with E-state index >= 15 is 0 Å². The van der Waals surface area contributed by atoms with Crippen LogP contribution in [-0.2, 0) is 16.8 Å². The van der Waals surface area contributed by atoms with Crippen molar-refractivity contribution in [2.24, 2.45) is 0 Å². The molecule has 146 valence electrons. The van der Waals surface area contributed by atoms with E-state index in [9.17, 15) is 8.78 Å². The molecule has 0 aliphatic carbocycles. The van der Waals surface area contributed by atoms with E-state index in [1.54, 1.807) is 24.3 Å². The van der Waals surface area contributed by atoms with Crippen LogP contribution in [0.15, 0.2) is 78.9 Å². The molecule has 0 N–H and O–H groups in total. The summed E-state index contributed by atoms with van der Waals surface area (Å²) in [6.07, 6.45) is -2.57. The summed E-state index contributed by atoms with van der Waals surface area (Å²) in [4.78, 5) is 0. The molecular formula is C23H21ClF2O2. The van der Waals surface area contributed by atoms with E-state index in [0.717, 1.165) is 11.3 Å². The third kappa shape index (κ3) is 5.09. The van der Waals surface area contributed by atoms with Gasteiger partial charge in [0.1, 0.15) is 11.5 Å². The van der Waals surface area contributed by atoms with E-state index < -0.39 is 11.8 Å². The molecule has 1 unspecified atom stereocenters. The quantitative estimate of drug-likeness (QED) is 0.409. The third-order valence-corrected chi connectivity index (χ3v) is 4.79. The molecule has 0 amide bonds. The Labute approximate surface area is 168 Å². The average Bonchev–Trinajstić information content (AvgIpc) is 2.69. The van der Waals surface area contributed by atoms with Gasteiger partial charge in [0, 0.05) is 5.02 Å². The molecular weight excluding hydrogens is 382 g/mol. The van der Waals surface area contributed by atoms with Crippen molar-refractivity contribution >= 4 is 11.6 Å². The van der Waals surface area contributed by atoms with Crippen molar-refractivity contribution in [1.29, 1.82) is 0 Å². The molecule has 0 aromatic heterocycles. The van der Waals surface area contributed by atoms with Crippen LogP contribution in [0.4, 0.5) is 8.78 Å². The van der Waals surface area contributed by atoms with Crippen molar-refractivity contribution in [3.8, 4) is 11.5 Å². The Morgan fingerprint density at radius 3 is 2.25 bits per heavy atom. The summed E-state index contributed by atoms with van der Waals surface area (Å²) in [5, 5.41) is 0.511. The Hall–Kier alpha value is -2.43. The number of hydrogen-bond donors (Lipinski definition) is 0. The molecule has 0 heterocycles. The number of ether oxygens (including phenoxy) is 2. The fourth-order valence-electron chi connectivity index (χ4n) is 2.81. The highest BCUT2D eigenvalue weighted by Crippen LogP contribution is 2.32. The van der Waals surface area contributed by atoms with Gasteiger partial charge < -0.3 is 9.47 Å². The molecule has 0 saturated heterocycles. The second-order valence-corrected chi connectivity index (χ2v) is 7.22. The summed E-state index contributed by atoms with van der Waals surface area (Å²) in [6.45, 7) is 1.59. The first-order valence-corrected chi connectivity index (χ1v) is 9.29. The second kappa shape index (κ2) is 9.18. The van der Waals surface area contributed by atoms with Gasteiger partial charge in [0.2, 0.25) is 6.43 Å². The molecule has 5 heteroatoms. The zero-order valence-corrected chi connectivity index (χ0v) is 16.2. The molecule has 3 rings (SSSR count). The summed E-state index contributed by atoms with van der Waals surface area (Å²) < 4.78 is 39.0. The average molecular weight is 403 g/mol. The Kier molecular flexibility index (Phi) is 6.65. The highest BCUT2D eigenvalue weighted by molar-refractivity contribution is 6.30. The Balaban J connectivity index is 1.64. The fraction of sp³-hybridized carbons (Fsp3) is 0.217. The van der Waals surface area contributed by atoms with Gasteiger partial charge >= 0.3 is 0 Å². The van der Waals surface area contributed by atoms with Crippen molar-refractivity contribution in [3.63, 3.8) is 0 Å². The fourth-order valence-corrected chi connectivity index (χ4v) is 2.93. The zero-order chi connectivity index (χ0) is 20.0. The van der Waals surface area contributed by atoms with Gasteiger partial charge in [-0.05, 0) is 54.4 Å². The lowest BCUT2D eigenvalue weighted by Crippen LogP contribution is -2.36. The lowest BCUT2D eigenvalue weighted by Gasteiger charge is -2.29. The van der Waals surface area contributed by atoms with Crippen LogP contribution in [-0.4, -0.2) is 13.0 Å². The van der Waals surface area contributed by atoms with Crippen LogP contribution in [0.1, 0.15) is 18.1 Å². The molecule has 3 aromatic rings. The number of halogens is 3. The van der Waals surface area contributed by atoms with E-state index in [2.05, 4.69) is 0 Å². The standard InChI is InChI=1S/C23H21ClF2O2/c1-23(22(25)26,18-10-12-19(24)13-11-18)16-27-15-17-6-5-9-21(14-17)28-20-7-3-2-4-8-20/h2-14,22H,15-16H2,1H3. The monoisotopic (exact) mass is 402 g/mol. The largest absolute Gasteiger partial charge is 0.457 e. The maximum atomic E-state index is 13.8. The van der Waals surface area contributed by atoms with Crippen LogP contribution in [0.2, 0.25) is 5.02 Å². The molecule has 0 aliphatic heterocycles. The predicted molar refractivity (Wildman–Crippen MR) is 107 cm³/mol. The highest BCUT2D eigenvalue weighted by Gasteiger charge is 2.37. The maximum Gasteiger partial charge on any atom is 0.250 e. The van der Waals surface area contributed by atoms with Crippen molar-refractivity contribution in [3.05, 3.63) is 95.0 Å². The van der Waals surface area contributed by atoms with Crippen molar-refractivity contribution in [2.75, 3.05) is 6.61 Å². The summed E-state index contributed by atoms with van der Waals surface area (Å²) >= 11 is 5.87. The molecule has 28 heavy (non-hydrogen) atoms. The first-order chi connectivity index (χ1) is 13.5.